The van der Waals surface area contributed by atoms with E-state index in [1.54, 1.807) is 13.1 Å². The number of esters is 1. The maximum absolute atomic E-state index is 11.8. The number of oxazole rings is 1. The van der Waals surface area contributed by atoms with E-state index in [0.29, 0.717) is 11.6 Å². The van der Waals surface area contributed by atoms with Crippen molar-refractivity contribution >= 4 is 16.9 Å². The fourth-order valence-corrected chi connectivity index (χ4v) is 1.94. The molecule has 0 amide bonds. The van der Waals surface area contributed by atoms with E-state index in [4.69, 9.17) is 9.15 Å². The molecule has 0 radical (unpaired) electrons. The molecule has 1 N–H and O–H groups in total. The molecule has 0 bridgehead atoms. The monoisotopic (exact) mass is 271 g/mol. The Bertz CT molecular complexity index is 745. The molecule has 3 aromatic rings. The van der Waals surface area contributed by atoms with Gasteiger partial charge in [0.05, 0.1) is 18.1 Å². The summed E-state index contributed by atoms with van der Waals surface area (Å²) in [7, 11) is 0. The highest BCUT2D eigenvalue weighted by Gasteiger charge is 2.08. The number of aromatic nitrogens is 3. The van der Waals surface area contributed by atoms with Gasteiger partial charge in [-0.15, -0.1) is 0 Å². The number of hydrogen-bond acceptors (Lipinski definition) is 5. The van der Waals surface area contributed by atoms with Gasteiger partial charge in [-0.3, -0.25) is 9.89 Å². The van der Waals surface area contributed by atoms with Crippen molar-refractivity contribution in [1.82, 2.24) is 15.2 Å². The lowest BCUT2D eigenvalue weighted by molar-refractivity contribution is -0.144. The van der Waals surface area contributed by atoms with E-state index in [2.05, 4.69) is 15.2 Å². The van der Waals surface area contributed by atoms with Gasteiger partial charge in [-0.05, 0) is 11.6 Å². The van der Waals surface area contributed by atoms with Crippen LogP contribution < -0.4 is 0 Å². The lowest BCUT2D eigenvalue weighted by atomic mass is 10.1. The van der Waals surface area contributed by atoms with Gasteiger partial charge in [-0.2, -0.15) is 5.10 Å². The summed E-state index contributed by atoms with van der Waals surface area (Å²) in [5.74, 6) is 0.255. The smallest absolute Gasteiger partial charge is 0.310 e. The number of nitrogens with one attached hydrogen (secondary N) is 1. The Balaban J connectivity index is 1.60. The quantitative estimate of drug-likeness (QED) is 0.735. The molecular weight excluding hydrogens is 258 g/mol. The predicted octanol–water partition coefficient (Wildman–Crippen LogP) is 2.15. The molecular formula is C14H13N3O3. The molecule has 3 rings (SSSR count). The molecule has 0 fully saturated rings. The van der Waals surface area contributed by atoms with Crippen molar-refractivity contribution in [2.45, 2.75) is 20.0 Å². The Morgan fingerprint density at radius 1 is 1.45 bits per heavy atom. The molecule has 0 saturated carbocycles. The Kier molecular flexibility index (Phi) is 3.20. The van der Waals surface area contributed by atoms with Crippen LogP contribution in [0.2, 0.25) is 0 Å². The third-order valence-electron chi connectivity index (χ3n) is 2.90. The Morgan fingerprint density at radius 2 is 2.35 bits per heavy atom. The average Bonchev–Trinajstić information content (AvgIpc) is 3.04. The SMILES string of the molecule is Cc1nc(COC(=O)Cc2ccc3cn[nH]c3c2)co1. The van der Waals surface area contributed by atoms with Crippen LogP contribution in [0.15, 0.2) is 35.1 Å². The summed E-state index contributed by atoms with van der Waals surface area (Å²) in [6, 6.07) is 5.70. The molecule has 2 aromatic heterocycles. The van der Waals surface area contributed by atoms with Crippen LogP contribution in [0.5, 0.6) is 0 Å². The van der Waals surface area contributed by atoms with Crippen LogP contribution in [0.4, 0.5) is 0 Å². The van der Waals surface area contributed by atoms with Gasteiger partial charge < -0.3 is 9.15 Å². The van der Waals surface area contributed by atoms with Crippen LogP contribution in [0, 0.1) is 6.92 Å². The molecule has 0 atom stereocenters. The van der Waals surface area contributed by atoms with E-state index in [-0.39, 0.29) is 19.0 Å². The van der Waals surface area contributed by atoms with Gasteiger partial charge in [-0.1, -0.05) is 12.1 Å². The van der Waals surface area contributed by atoms with Gasteiger partial charge in [0.1, 0.15) is 18.6 Å². The number of aromatic amines is 1. The Labute approximate surface area is 114 Å². The molecule has 6 nitrogen and oxygen atoms in total. The zero-order valence-corrected chi connectivity index (χ0v) is 10.9. The number of benzene rings is 1. The van der Waals surface area contributed by atoms with Gasteiger partial charge >= 0.3 is 5.97 Å². The topological polar surface area (TPSA) is 81.0 Å². The number of rotatable bonds is 4. The number of nitrogens with zero attached hydrogens (tertiary/aromatic N) is 2. The van der Waals surface area contributed by atoms with E-state index in [1.807, 2.05) is 18.2 Å². The van der Waals surface area contributed by atoms with Gasteiger partial charge in [-0.25, -0.2) is 4.98 Å². The third kappa shape index (κ3) is 2.69. The summed E-state index contributed by atoms with van der Waals surface area (Å²) >= 11 is 0. The molecule has 0 aliphatic rings. The highest BCUT2D eigenvalue weighted by Crippen LogP contribution is 2.13. The lowest BCUT2D eigenvalue weighted by Gasteiger charge is -2.03. The van der Waals surface area contributed by atoms with Crippen molar-refractivity contribution in [2.24, 2.45) is 0 Å². The zero-order valence-electron chi connectivity index (χ0n) is 10.9. The minimum absolute atomic E-state index is 0.127. The minimum atomic E-state index is -0.301. The van der Waals surface area contributed by atoms with Crippen molar-refractivity contribution in [1.29, 1.82) is 0 Å². The molecule has 0 aliphatic heterocycles. The van der Waals surface area contributed by atoms with Gasteiger partial charge in [0.15, 0.2) is 5.89 Å². The van der Waals surface area contributed by atoms with Crippen molar-refractivity contribution in [2.75, 3.05) is 0 Å². The minimum Gasteiger partial charge on any atom is -0.459 e. The van der Waals surface area contributed by atoms with Crippen molar-refractivity contribution in [3.8, 4) is 0 Å². The van der Waals surface area contributed by atoms with Crippen LogP contribution >= 0.6 is 0 Å². The van der Waals surface area contributed by atoms with E-state index in [1.165, 1.54) is 6.26 Å². The molecule has 6 heteroatoms. The Morgan fingerprint density at radius 3 is 3.15 bits per heavy atom. The van der Waals surface area contributed by atoms with Gasteiger partial charge in [0.25, 0.3) is 0 Å². The second-order valence-electron chi connectivity index (χ2n) is 4.49. The number of H-pyrrole nitrogens is 1. The van der Waals surface area contributed by atoms with Crippen LogP contribution in [-0.2, 0) is 22.6 Å². The highest BCUT2D eigenvalue weighted by molar-refractivity contribution is 5.80. The Hall–Kier alpha value is -2.63. The number of fused-ring (bicyclic) bond motifs is 1. The lowest BCUT2D eigenvalue weighted by Crippen LogP contribution is -2.08. The first-order valence-electron chi connectivity index (χ1n) is 6.19. The standard InChI is InChI=1S/C14H13N3O3/c1-9-16-12(7-19-9)8-20-14(18)5-10-2-3-11-6-15-17-13(11)4-10/h2-4,6-7H,5,8H2,1H3,(H,15,17). The van der Waals surface area contributed by atoms with E-state index in [9.17, 15) is 4.79 Å². The second kappa shape index (κ2) is 5.16. The van der Waals surface area contributed by atoms with Crippen LogP contribution in [0.25, 0.3) is 10.9 Å². The first kappa shape index (κ1) is 12.4. The van der Waals surface area contributed by atoms with Crippen LogP contribution in [-0.4, -0.2) is 21.2 Å². The summed E-state index contributed by atoms with van der Waals surface area (Å²) in [5, 5.41) is 7.82. The normalized spacial score (nSPS) is 10.8. The second-order valence-corrected chi connectivity index (χ2v) is 4.49. The maximum Gasteiger partial charge on any atom is 0.310 e. The molecule has 0 saturated heterocycles. The zero-order chi connectivity index (χ0) is 13.9. The maximum atomic E-state index is 11.8. The molecule has 1 aromatic carbocycles. The van der Waals surface area contributed by atoms with Gasteiger partial charge in [0, 0.05) is 12.3 Å². The van der Waals surface area contributed by atoms with Crippen molar-refractivity contribution < 1.29 is 13.9 Å². The molecule has 20 heavy (non-hydrogen) atoms. The first-order valence-corrected chi connectivity index (χ1v) is 6.19. The van der Waals surface area contributed by atoms with Gasteiger partial charge in [0.2, 0.25) is 0 Å². The summed E-state index contributed by atoms with van der Waals surface area (Å²) < 4.78 is 10.2. The largest absolute Gasteiger partial charge is 0.459 e. The third-order valence-corrected chi connectivity index (χ3v) is 2.90. The van der Waals surface area contributed by atoms with E-state index in [0.717, 1.165) is 16.5 Å². The number of carbonyl (C=O) groups is 1. The molecule has 2 heterocycles. The van der Waals surface area contributed by atoms with E-state index >= 15 is 0 Å². The van der Waals surface area contributed by atoms with Crippen LogP contribution in [0.1, 0.15) is 17.1 Å². The molecule has 0 unspecified atom stereocenters. The molecule has 0 spiro atoms. The highest BCUT2D eigenvalue weighted by atomic mass is 16.5. The van der Waals surface area contributed by atoms with E-state index < -0.39 is 0 Å². The number of hydrogen-bond donors (Lipinski definition) is 1. The fourth-order valence-electron chi connectivity index (χ4n) is 1.94. The number of carbonyl (C=O) groups excluding carboxylic acids is 1. The van der Waals surface area contributed by atoms with Crippen molar-refractivity contribution in [3.63, 3.8) is 0 Å². The number of ether oxygens (including phenoxy) is 1. The molecule has 0 aliphatic carbocycles. The fraction of sp³-hybridized carbons (Fsp3) is 0.214. The summed E-state index contributed by atoms with van der Waals surface area (Å²) in [6.07, 6.45) is 3.44. The van der Waals surface area contributed by atoms with Crippen LogP contribution in [0.3, 0.4) is 0 Å². The summed E-state index contributed by atoms with van der Waals surface area (Å²) in [6.45, 7) is 1.87. The summed E-state index contributed by atoms with van der Waals surface area (Å²) in [4.78, 5) is 15.8. The predicted molar refractivity (Wildman–Crippen MR) is 70.8 cm³/mol. The first-order chi connectivity index (χ1) is 9.70. The summed E-state index contributed by atoms with van der Waals surface area (Å²) in [5.41, 5.74) is 2.39. The average molecular weight is 271 g/mol. The van der Waals surface area contributed by atoms with Crippen molar-refractivity contribution in [3.05, 3.63) is 47.8 Å². The molecule has 102 valence electrons. The number of aryl methyl sites for hydroxylation is 1.